The molecule has 0 atom stereocenters. The van der Waals surface area contributed by atoms with Crippen LogP contribution in [0.25, 0.3) is 11.5 Å². The van der Waals surface area contributed by atoms with E-state index in [1.165, 1.54) is 11.1 Å². The minimum Gasteiger partial charge on any atom is -0.332 e. The number of hydrogen-bond acceptors (Lipinski definition) is 5. The number of fused-ring (bicyclic) bond motifs is 1. The van der Waals surface area contributed by atoms with Crippen molar-refractivity contribution in [3.05, 3.63) is 64.5 Å². The van der Waals surface area contributed by atoms with Gasteiger partial charge in [0.2, 0.25) is 5.95 Å². The molecule has 22 heavy (non-hydrogen) atoms. The third-order valence-electron chi connectivity index (χ3n) is 3.62. The lowest BCUT2D eigenvalue weighted by Crippen LogP contribution is -2.17. The Morgan fingerprint density at radius 3 is 2.32 bits per heavy atom. The molecule has 0 spiro atoms. The fourth-order valence-electron chi connectivity index (χ4n) is 2.56. The van der Waals surface area contributed by atoms with E-state index >= 15 is 0 Å². The van der Waals surface area contributed by atoms with Gasteiger partial charge in [0.05, 0.1) is 0 Å². The van der Waals surface area contributed by atoms with E-state index in [0.29, 0.717) is 11.8 Å². The summed E-state index contributed by atoms with van der Waals surface area (Å²) >= 11 is 3.36. The molecule has 3 heterocycles. The summed E-state index contributed by atoms with van der Waals surface area (Å²) in [5.41, 5.74) is 3.38. The Morgan fingerprint density at radius 1 is 0.864 bits per heavy atom. The van der Waals surface area contributed by atoms with Crippen LogP contribution in [0.4, 0.5) is 5.95 Å². The first kappa shape index (κ1) is 13.3. The maximum Gasteiger partial charge on any atom is 0.226 e. The van der Waals surface area contributed by atoms with Crippen LogP contribution in [0, 0.1) is 0 Å². The molecule has 3 aromatic rings. The van der Waals surface area contributed by atoms with Crippen molar-refractivity contribution in [3.8, 4) is 11.5 Å². The topological polar surface area (TPSA) is 54.8 Å². The summed E-state index contributed by atoms with van der Waals surface area (Å²) in [6.45, 7) is 1.66. The molecule has 0 radical (unpaired) electrons. The second-order valence-electron chi connectivity index (χ2n) is 5.07. The van der Waals surface area contributed by atoms with Gasteiger partial charge < -0.3 is 4.90 Å². The quantitative estimate of drug-likeness (QED) is 0.662. The molecule has 0 bridgehead atoms. The van der Waals surface area contributed by atoms with Gasteiger partial charge in [0.1, 0.15) is 10.3 Å². The van der Waals surface area contributed by atoms with E-state index in [2.05, 4.69) is 65.0 Å². The second-order valence-corrected chi connectivity index (χ2v) is 5.88. The van der Waals surface area contributed by atoms with Crippen molar-refractivity contribution >= 4 is 21.9 Å². The first-order valence-electron chi connectivity index (χ1n) is 6.93. The molecule has 0 saturated heterocycles. The molecule has 1 aliphatic rings. The first-order valence-corrected chi connectivity index (χ1v) is 7.72. The van der Waals surface area contributed by atoms with Gasteiger partial charge in [0.25, 0.3) is 0 Å². The molecular weight excluding hydrogens is 342 g/mol. The molecule has 0 aliphatic carbocycles. The van der Waals surface area contributed by atoms with Crippen molar-refractivity contribution in [1.82, 2.24) is 19.9 Å². The summed E-state index contributed by atoms with van der Waals surface area (Å²) in [5, 5.41) is 0. The highest BCUT2D eigenvalue weighted by molar-refractivity contribution is 9.10. The highest BCUT2D eigenvalue weighted by Crippen LogP contribution is 2.26. The van der Waals surface area contributed by atoms with Crippen LogP contribution < -0.4 is 4.90 Å². The number of hydrogen-bond donors (Lipinski definition) is 0. The van der Waals surface area contributed by atoms with Crippen molar-refractivity contribution in [2.75, 3.05) is 4.90 Å². The van der Waals surface area contributed by atoms with Crippen molar-refractivity contribution in [2.45, 2.75) is 13.1 Å². The third-order valence-corrected chi connectivity index (χ3v) is 4.06. The number of benzene rings is 1. The molecule has 6 heteroatoms. The van der Waals surface area contributed by atoms with Crippen LogP contribution in [0.15, 0.2) is 53.4 Å². The Labute approximate surface area is 136 Å². The van der Waals surface area contributed by atoms with Gasteiger partial charge in [-0.3, -0.25) is 0 Å². The SMILES string of the molecule is Brc1ccnc(-c2ccnc(N3Cc4ccccc4C3)n2)n1. The summed E-state index contributed by atoms with van der Waals surface area (Å²) in [7, 11) is 0. The number of aromatic nitrogens is 4. The van der Waals surface area contributed by atoms with Gasteiger partial charge in [0, 0.05) is 25.5 Å². The average Bonchev–Trinajstić information content (AvgIpc) is 2.99. The molecule has 0 N–H and O–H groups in total. The summed E-state index contributed by atoms with van der Waals surface area (Å²) < 4.78 is 0.742. The molecule has 0 amide bonds. The summed E-state index contributed by atoms with van der Waals surface area (Å²) in [4.78, 5) is 19.8. The summed E-state index contributed by atoms with van der Waals surface area (Å²) in [5.74, 6) is 1.30. The normalized spacial score (nSPS) is 13.2. The van der Waals surface area contributed by atoms with Gasteiger partial charge in [-0.1, -0.05) is 24.3 Å². The molecule has 0 unspecified atom stereocenters. The monoisotopic (exact) mass is 353 g/mol. The van der Waals surface area contributed by atoms with Crippen LogP contribution in [-0.4, -0.2) is 19.9 Å². The largest absolute Gasteiger partial charge is 0.332 e. The molecule has 2 aromatic heterocycles. The zero-order valence-electron chi connectivity index (χ0n) is 11.6. The van der Waals surface area contributed by atoms with E-state index in [9.17, 15) is 0 Å². The maximum atomic E-state index is 4.62. The molecule has 4 rings (SSSR count). The predicted molar refractivity (Wildman–Crippen MR) is 87.1 cm³/mol. The number of halogens is 1. The van der Waals surface area contributed by atoms with E-state index < -0.39 is 0 Å². The van der Waals surface area contributed by atoms with E-state index in [4.69, 9.17) is 0 Å². The Balaban J connectivity index is 1.66. The first-order chi connectivity index (χ1) is 10.8. The van der Waals surface area contributed by atoms with Gasteiger partial charge in [-0.2, -0.15) is 0 Å². The minimum absolute atomic E-state index is 0.592. The lowest BCUT2D eigenvalue weighted by molar-refractivity contribution is 0.828. The maximum absolute atomic E-state index is 4.62. The smallest absolute Gasteiger partial charge is 0.226 e. The Kier molecular flexibility index (Phi) is 3.31. The minimum atomic E-state index is 0.592. The van der Waals surface area contributed by atoms with E-state index in [1.807, 2.05) is 6.07 Å². The highest BCUT2D eigenvalue weighted by Gasteiger charge is 2.21. The van der Waals surface area contributed by atoms with Crippen molar-refractivity contribution in [1.29, 1.82) is 0 Å². The Bertz CT molecular complexity index is 811. The van der Waals surface area contributed by atoms with E-state index in [1.54, 1.807) is 18.5 Å². The van der Waals surface area contributed by atoms with Gasteiger partial charge in [0.15, 0.2) is 5.82 Å². The van der Waals surface area contributed by atoms with Crippen LogP contribution >= 0.6 is 15.9 Å². The third kappa shape index (κ3) is 2.46. The van der Waals surface area contributed by atoms with Gasteiger partial charge in [-0.05, 0) is 39.2 Å². The van der Waals surface area contributed by atoms with Crippen LogP contribution in [0.1, 0.15) is 11.1 Å². The highest BCUT2D eigenvalue weighted by atomic mass is 79.9. The molecule has 0 fully saturated rings. The Hall–Kier alpha value is -2.34. The average molecular weight is 354 g/mol. The lowest BCUT2D eigenvalue weighted by Gasteiger charge is -2.15. The molecule has 1 aromatic carbocycles. The molecule has 108 valence electrons. The van der Waals surface area contributed by atoms with Crippen molar-refractivity contribution < 1.29 is 0 Å². The van der Waals surface area contributed by atoms with Crippen LogP contribution in [0.2, 0.25) is 0 Å². The van der Waals surface area contributed by atoms with Crippen LogP contribution in [0.5, 0.6) is 0 Å². The van der Waals surface area contributed by atoms with E-state index in [-0.39, 0.29) is 0 Å². The molecular formula is C16H12BrN5. The summed E-state index contributed by atoms with van der Waals surface area (Å²) in [6.07, 6.45) is 3.46. The second kappa shape index (κ2) is 5.46. The molecule has 5 nitrogen and oxygen atoms in total. The number of rotatable bonds is 2. The standard InChI is InChI=1S/C16H12BrN5/c17-14-6-8-18-15(21-14)13-5-7-19-16(20-13)22-9-11-3-1-2-4-12(11)10-22/h1-8H,9-10H2. The lowest BCUT2D eigenvalue weighted by atomic mass is 10.1. The van der Waals surface area contributed by atoms with Crippen LogP contribution in [-0.2, 0) is 13.1 Å². The van der Waals surface area contributed by atoms with Crippen molar-refractivity contribution in [3.63, 3.8) is 0 Å². The van der Waals surface area contributed by atoms with Crippen molar-refractivity contribution in [2.24, 2.45) is 0 Å². The van der Waals surface area contributed by atoms with Crippen LogP contribution in [0.3, 0.4) is 0 Å². The Morgan fingerprint density at radius 2 is 1.59 bits per heavy atom. The fraction of sp³-hybridized carbons (Fsp3) is 0.125. The predicted octanol–water partition coefficient (Wildman–Crippen LogP) is 3.22. The zero-order chi connectivity index (χ0) is 14.9. The number of anilines is 1. The van der Waals surface area contributed by atoms with Gasteiger partial charge in [-0.15, -0.1) is 0 Å². The fourth-order valence-corrected chi connectivity index (χ4v) is 2.85. The van der Waals surface area contributed by atoms with Gasteiger partial charge >= 0.3 is 0 Å². The molecule has 1 aliphatic heterocycles. The summed E-state index contributed by atoms with van der Waals surface area (Å²) in [6, 6.07) is 12.0. The number of nitrogens with zero attached hydrogens (tertiary/aromatic N) is 5. The zero-order valence-corrected chi connectivity index (χ0v) is 13.2. The van der Waals surface area contributed by atoms with E-state index in [0.717, 1.165) is 23.4 Å². The van der Waals surface area contributed by atoms with Gasteiger partial charge in [-0.25, -0.2) is 19.9 Å². The molecule has 0 saturated carbocycles.